The van der Waals surface area contributed by atoms with Crippen LogP contribution in [0.3, 0.4) is 0 Å². The molecule has 0 bridgehead atoms. The van der Waals surface area contributed by atoms with Gasteiger partial charge in [-0.2, -0.15) is 0 Å². The molecule has 0 aliphatic heterocycles. The summed E-state index contributed by atoms with van der Waals surface area (Å²) in [5, 5.41) is 11.4. The molecule has 0 aliphatic rings. The Labute approximate surface area is 295 Å². The highest BCUT2D eigenvalue weighted by Crippen LogP contribution is 2.44. The van der Waals surface area contributed by atoms with Crippen molar-refractivity contribution in [3.8, 4) is 22.3 Å². The van der Waals surface area contributed by atoms with Crippen LogP contribution in [0.2, 0.25) is 0 Å². The number of rotatable bonds is 5. The maximum Gasteiger partial charge on any atom is 0.144 e. The highest BCUT2D eigenvalue weighted by molar-refractivity contribution is 7.18. The number of furan rings is 1. The predicted molar refractivity (Wildman–Crippen MR) is 218 cm³/mol. The first kappa shape index (κ1) is 30.4. The Bertz CT molecular complexity index is 2860. The third kappa shape index (κ3) is 4.75. The van der Waals surface area contributed by atoms with Crippen molar-refractivity contribution in [2.75, 3.05) is 0 Å². The van der Waals surface area contributed by atoms with Crippen LogP contribution in [0.25, 0.3) is 93.9 Å². The van der Waals surface area contributed by atoms with Crippen LogP contribution in [0.5, 0.6) is 0 Å². The summed E-state index contributed by atoms with van der Waals surface area (Å²) >= 11 is 1.88. The summed E-state index contributed by atoms with van der Waals surface area (Å²) in [5.74, 6) is 0.963. The first-order chi connectivity index (χ1) is 24.7. The van der Waals surface area contributed by atoms with Crippen molar-refractivity contribution in [1.29, 1.82) is 0 Å². The van der Waals surface area contributed by atoms with E-state index >= 15 is 0 Å². The van der Waals surface area contributed by atoms with Gasteiger partial charge in [-0.25, -0.2) is 0 Å². The monoisotopic (exact) mass is 660 g/mol. The summed E-state index contributed by atoms with van der Waals surface area (Å²) in [4.78, 5) is 0. The van der Waals surface area contributed by atoms with E-state index in [-0.39, 0.29) is 0 Å². The molecular formula is C48H36OS. The fourth-order valence-electron chi connectivity index (χ4n) is 7.99. The van der Waals surface area contributed by atoms with Crippen LogP contribution in [0.4, 0.5) is 0 Å². The number of thiophene rings is 1. The smallest absolute Gasteiger partial charge is 0.144 e. The Morgan fingerprint density at radius 2 is 1.18 bits per heavy atom. The third-order valence-corrected chi connectivity index (χ3v) is 11.4. The van der Waals surface area contributed by atoms with E-state index in [0.717, 1.165) is 17.8 Å². The second-order valence-electron chi connectivity index (χ2n) is 13.0. The van der Waals surface area contributed by atoms with Gasteiger partial charge in [0.15, 0.2) is 0 Å². The molecule has 0 aliphatic carbocycles. The van der Waals surface area contributed by atoms with Gasteiger partial charge in [0.1, 0.15) is 11.3 Å². The minimum absolute atomic E-state index is 0.830. The van der Waals surface area contributed by atoms with Crippen molar-refractivity contribution < 1.29 is 4.42 Å². The summed E-state index contributed by atoms with van der Waals surface area (Å²) in [6, 6.07) is 46.5. The van der Waals surface area contributed by atoms with E-state index in [0.29, 0.717) is 0 Å². The van der Waals surface area contributed by atoms with Gasteiger partial charge < -0.3 is 4.42 Å². The molecule has 0 radical (unpaired) electrons. The molecule has 240 valence electrons. The highest BCUT2D eigenvalue weighted by Gasteiger charge is 2.20. The molecule has 2 aromatic heterocycles. The van der Waals surface area contributed by atoms with Gasteiger partial charge in [0.25, 0.3) is 0 Å². The largest absolute Gasteiger partial charge is 0.460 e. The van der Waals surface area contributed by atoms with E-state index in [1.165, 1.54) is 90.9 Å². The molecule has 7 aromatic carbocycles. The Morgan fingerprint density at radius 1 is 0.600 bits per heavy atom. The molecule has 9 rings (SSSR count). The summed E-state index contributed by atoms with van der Waals surface area (Å²) in [5.41, 5.74) is 8.54. The van der Waals surface area contributed by atoms with Gasteiger partial charge >= 0.3 is 0 Å². The van der Waals surface area contributed by atoms with E-state index < -0.39 is 0 Å². The van der Waals surface area contributed by atoms with Gasteiger partial charge in [-0.05, 0) is 87.2 Å². The third-order valence-electron chi connectivity index (χ3n) is 10.1. The van der Waals surface area contributed by atoms with Crippen molar-refractivity contribution in [3.05, 3.63) is 160 Å². The minimum atomic E-state index is 0.830. The number of hydrogen-bond donors (Lipinski definition) is 0. The van der Waals surface area contributed by atoms with E-state index in [9.17, 15) is 0 Å². The number of allylic oxidation sites excluding steroid dienone is 1. The topological polar surface area (TPSA) is 13.1 Å². The van der Waals surface area contributed by atoms with E-state index in [1.54, 1.807) is 0 Å². The maximum absolute atomic E-state index is 6.47. The number of hydrogen-bond acceptors (Lipinski definition) is 2. The zero-order valence-electron chi connectivity index (χ0n) is 28.5. The van der Waals surface area contributed by atoms with Gasteiger partial charge in [-0.15, -0.1) is 11.3 Å². The SMILES string of the molecule is C/C=C\c1c(C)oc2c3ccccc3c3c(=C/Cc4cccc(-c5c6ccccc6c(-c6ccccc6)c6ccccc56)c4)/c(=C\C)sc3c12. The fourth-order valence-corrected chi connectivity index (χ4v) is 9.25. The second kappa shape index (κ2) is 12.3. The van der Waals surface area contributed by atoms with Gasteiger partial charge in [-0.3, -0.25) is 0 Å². The molecule has 0 unspecified atom stereocenters. The van der Waals surface area contributed by atoms with Gasteiger partial charge in [0.2, 0.25) is 0 Å². The van der Waals surface area contributed by atoms with Crippen molar-refractivity contribution in [2.24, 2.45) is 0 Å². The minimum Gasteiger partial charge on any atom is -0.460 e. The first-order valence-electron chi connectivity index (χ1n) is 17.4. The Kier molecular flexibility index (Phi) is 7.48. The average molecular weight is 661 g/mol. The molecule has 9 aromatic rings. The van der Waals surface area contributed by atoms with E-state index in [4.69, 9.17) is 4.42 Å². The Hall–Kier alpha value is -5.70. The molecule has 0 spiro atoms. The number of benzene rings is 7. The molecule has 0 saturated heterocycles. The molecule has 0 amide bonds. The molecule has 0 saturated carbocycles. The lowest BCUT2D eigenvalue weighted by Crippen LogP contribution is -2.18. The number of fused-ring (bicyclic) bond motifs is 8. The maximum atomic E-state index is 6.47. The molecule has 0 atom stereocenters. The van der Waals surface area contributed by atoms with Crippen LogP contribution in [0.15, 0.2) is 138 Å². The van der Waals surface area contributed by atoms with Crippen molar-refractivity contribution in [3.63, 3.8) is 0 Å². The summed E-state index contributed by atoms with van der Waals surface area (Å²) < 4.78 is 9.07. The van der Waals surface area contributed by atoms with Crippen molar-refractivity contribution in [2.45, 2.75) is 27.2 Å². The van der Waals surface area contributed by atoms with Gasteiger partial charge in [0, 0.05) is 31.0 Å². The molecule has 0 fully saturated rings. The Balaban J connectivity index is 1.25. The van der Waals surface area contributed by atoms with Crippen LogP contribution in [0.1, 0.15) is 30.7 Å². The van der Waals surface area contributed by atoms with Crippen LogP contribution in [0, 0.1) is 6.92 Å². The average Bonchev–Trinajstić information content (AvgIpc) is 3.70. The lowest BCUT2D eigenvalue weighted by Gasteiger charge is -2.18. The second-order valence-corrected chi connectivity index (χ2v) is 14.1. The normalized spacial score (nSPS) is 12.9. The lowest BCUT2D eigenvalue weighted by molar-refractivity contribution is 0.580. The Morgan fingerprint density at radius 3 is 1.82 bits per heavy atom. The zero-order chi connectivity index (χ0) is 33.8. The molecule has 2 heterocycles. The predicted octanol–water partition coefficient (Wildman–Crippen LogP) is 12.6. The zero-order valence-corrected chi connectivity index (χ0v) is 29.3. The standard InChI is InChI=1S/C48H36OS/c1-4-16-34-30(3)49-47-40-26-14-13-25-39(40)45-41(42(5-2)50-48(45)46(34)47)28-27-31-17-15-20-33(29-31)44-37-23-11-9-21-35(37)43(32-18-7-6-8-19-32)36-22-10-12-24-38(36)44/h4-26,28-29H,27H2,1-3H3/b16-4-,41-28+,42-5+. The lowest BCUT2D eigenvalue weighted by atomic mass is 9.85. The van der Waals surface area contributed by atoms with Crippen molar-refractivity contribution >= 4 is 82.9 Å². The van der Waals surface area contributed by atoms with Crippen LogP contribution in [-0.2, 0) is 6.42 Å². The van der Waals surface area contributed by atoms with E-state index in [2.05, 4.69) is 172 Å². The molecule has 50 heavy (non-hydrogen) atoms. The molecular weight excluding hydrogens is 625 g/mol. The van der Waals surface area contributed by atoms with Gasteiger partial charge in [0.05, 0.1) is 0 Å². The molecule has 0 N–H and O–H groups in total. The quantitative estimate of drug-likeness (QED) is 0.167. The molecule has 1 nitrogen and oxygen atoms in total. The van der Waals surface area contributed by atoms with Crippen LogP contribution < -0.4 is 9.75 Å². The summed E-state index contributed by atoms with van der Waals surface area (Å²) in [7, 11) is 0. The summed E-state index contributed by atoms with van der Waals surface area (Å²) in [6.07, 6.45) is 9.85. The van der Waals surface area contributed by atoms with Crippen LogP contribution >= 0.6 is 11.3 Å². The highest BCUT2D eigenvalue weighted by atomic mass is 32.1. The van der Waals surface area contributed by atoms with Crippen LogP contribution in [-0.4, -0.2) is 0 Å². The number of aryl methyl sites for hydroxylation is 1. The van der Waals surface area contributed by atoms with E-state index in [1.807, 2.05) is 11.3 Å². The fraction of sp³-hybridized carbons (Fsp3) is 0.0833. The van der Waals surface area contributed by atoms with Gasteiger partial charge in [-0.1, -0.05) is 152 Å². The summed E-state index contributed by atoms with van der Waals surface area (Å²) in [6.45, 7) is 6.32. The molecule has 2 heteroatoms. The first-order valence-corrected chi connectivity index (χ1v) is 18.2. The van der Waals surface area contributed by atoms with Crippen molar-refractivity contribution in [1.82, 2.24) is 0 Å².